The van der Waals surface area contributed by atoms with Crippen LogP contribution < -0.4 is 4.90 Å². The predicted molar refractivity (Wildman–Crippen MR) is 109 cm³/mol. The largest absolute Gasteiger partial charge is 0.389 e. The Hall–Kier alpha value is -3.42. The zero-order valence-corrected chi connectivity index (χ0v) is 16.8. The van der Waals surface area contributed by atoms with Gasteiger partial charge in [0.25, 0.3) is 6.43 Å². The minimum absolute atomic E-state index is 0.0461. The molecule has 3 aromatic heterocycles. The van der Waals surface area contributed by atoms with Crippen molar-refractivity contribution < 1.29 is 13.9 Å². The fraction of sp³-hybridized carbons (Fsp3) is 0.250. The van der Waals surface area contributed by atoms with Crippen molar-refractivity contribution in [2.45, 2.75) is 19.5 Å². The fourth-order valence-corrected chi connectivity index (χ4v) is 4.05. The summed E-state index contributed by atoms with van der Waals surface area (Å²) in [5, 5.41) is 32.8. The second-order valence-corrected chi connectivity index (χ2v) is 7.72. The summed E-state index contributed by atoms with van der Waals surface area (Å²) in [6.45, 7) is 2.31. The lowest BCUT2D eigenvalue weighted by Gasteiger charge is -2.39. The van der Waals surface area contributed by atoms with Crippen LogP contribution in [-0.4, -0.2) is 49.1 Å². The first-order valence-corrected chi connectivity index (χ1v) is 9.72. The molecule has 8 nitrogen and oxygen atoms in total. The Morgan fingerprint density at radius 3 is 2.77 bits per heavy atom. The van der Waals surface area contributed by atoms with Crippen molar-refractivity contribution in [1.29, 1.82) is 5.26 Å². The van der Waals surface area contributed by atoms with Gasteiger partial charge in [0, 0.05) is 34.6 Å². The molecule has 31 heavy (non-hydrogen) atoms. The summed E-state index contributed by atoms with van der Waals surface area (Å²) in [6.07, 6.45) is -1.92. The second kappa shape index (κ2) is 7.08. The highest BCUT2D eigenvalue weighted by Crippen LogP contribution is 2.40. The number of halogens is 3. The molecule has 0 unspecified atom stereocenters. The summed E-state index contributed by atoms with van der Waals surface area (Å²) in [7, 11) is 0. The smallest absolute Gasteiger partial charge is 0.283 e. The molecule has 0 bridgehead atoms. The van der Waals surface area contributed by atoms with Crippen LogP contribution >= 0.6 is 11.6 Å². The van der Waals surface area contributed by atoms with Gasteiger partial charge in [0.15, 0.2) is 5.65 Å². The molecular weight excluding hydrogens is 428 g/mol. The number of fused-ring (bicyclic) bond motifs is 2. The second-order valence-electron chi connectivity index (χ2n) is 7.28. The van der Waals surface area contributed by atoms with Crippen LogP contribution in [0.4, 0.5) is 14.6 Å². The van der Waals surface area contributed by atoms with Crippen molar-refractivity contribution in [3.63, 3.8) is 0 Å². The first-order chi connectivity index (χ1) is 14.9. The van der Waals surface area contributed by atoms with Crippen LogP contribution in [0.1, 0.15) is 23.4 Å². The van der Waals surface area contributed by atoms with Crippen LogP contribution in [0.5, 0.6) is 0 Å². The topological polar surface area (TPSA) is 103 Å². The van der Waals surface area contributed by atoms with E-state index >= 15 is 0 Å². The maximum absolute atomic E-state index is 13.6. The Morgan fingerprint density at radius 1 is 1.32 bits per heavy atom. The molecule has 1 fully saturated rings. The summed E-state index contributed by atoms with van der Waals surface area (Å²) >= 11 is 6.09. The van der Waals surface area contributed by atoms with Gasteiger partial charge < -0.3 is 10.0 Å². The zero-order valence-electron chi connectivity index (χ0n) is 16.1. The molecule has 1 saturated heterocycles. The molecule has 1 aliphatic rings. The van der Waals surface area contributed by atoms with E-state index in [1.54, 1.807) is 37.4 Å². The Bertz CT molecular complexity index is 1390. The lowest BCUT2D eigenvalue weighted by atomic mass is 10.00. The Morgan fingerprint density at radius 2 is 2.10 bits per heavy atom. The van der Waals surface area contributed by atoms with E-state index in [-0.39, 0.29) is 11.2 Å². The molecule has 0 spiro atoms. The lowest BCUT2D eigenvalue weighted by molar-refractivity contribution is 0.140. The quantitative estimate of drug-likeness (QED) is 0.520. The van der Waals surface area contributed by atoms with Gasteiger partial charge in [0.2, 0.25) is 0 Å². The molecule has 0 saturated carbocycles. The fourth-order valence-electron chi connectivity index (χ4n) is 3.89. The summed E-state index contributed by atoms with van der Waals surface area (Å²) in [6, 6.07) is 7.00. The average molecular weight is 442 g/mol. The minimum Gasteiger partial charge on any atom is -0.389 e. The maximum atomic E-state index is 13.6. The average Bonchev–Trinajstić information content (AvgIpc) is 3.08. The number of anilines is 1. The van der Waals surface area contributed by atoms with Gasteiger partial charge in [-0.3, -0.25) is 0 Å². The Balaban J connectivity index is 1.89. The number of alkyl halides is 2. The van der Waals surface area contributed by atoms with Gasteiger partial charge in [-0.05, 0) is 19.1 Å². The monoisotopic (exact) mass is 441 g/mol. The van der Waals surface area contributed by atoms with Crippen LogP contribution in [0.15, 0.2) is 24.4 Å². The summed E-state index contributed by atoms with van der Waals surface area (Å²) < 4.78 is 28.4. The van der Waals surface area contributed by atoms with E-state index in [9.17, 15) is 19.1 Å². The number of aromatic nitrogens is 5. The number of nitrogens with zero attached hydrogens (tertiary/aromatic N) is 7. The van der Waals surface area contributed by atoms with Gasteiger partial charge in [-0.2, -0.15) is 25.1 Å². The van der Waals surface area contributed by atoms with Crippen LogP contribution in [-0.2, 0) is 0 Å². The highest BCUT2D eigenvalue weighted by atomic mass is 35.5. The third-order valence-electron chi connectivity index (χ3n) is 5.30. The van der Waals surface area contributed by atoms with Crippen molar-refractivity contribution in [2.24, 2.45) is 0 Å². The molecule has 4 aromatic rings. The van der Waals surface area contributed by atoms with Crippen molar-refractivity contribution in [3.05, 3.63) is 46.4 Å². The Kier molecular flexibility index (Phi) is 4.46. The molecule has 0 aliphatic carbocycles. The van der Waals surface area contributed by atoms with Crippen molar-refractivity contribution in [1.82, 2.24) is 24.8 Å². The molecule has 156 valence electrons. The van der Waals surface area contributed by atoms with Crippen LogP contribution in [0.2, 0.25) is 5.02 Å². The zero-order chi connectivity index (χ0) is 21.9. The molecular formula is C20H14ClF2N7O. The summed E-state index contributed by atoms with van der Waals surface area (Å²) in [4.78, 5) is 6.26. The van der Waals surface area contributed by atoms with Crippen molar-refractivity contribution in [2.75, 3.05) is 18.0 Å². The van der Waals surface area contributed by atoms with Crippen molar-refractivity contribution >= 4 is 34.0 Å². The number of β-amino-alcohol motifs (C(OH)–C–C–N with tert-alkyl or cyclic N) is 1. The van der Waals surface area contributed by atoms with Crippen molar-refractivity contribution in [3.8, 4) is 17.2 Å². The number of benzene rings is 1. The number of hydrogen-bond donors (Lipinski definition) is 1. The number of nitriles is 1. The van der Waals surface area contributed by atoms with E-state index in [0.717, 1.165) is 5.39 Å². The normalized spacial score (nSPS) is 14.4. The first kappa shape index (κ1) is 19.5. The summed E-state index contributed by atoms with van der Waals surface area (Å²) in [5.41, 5.74) is 1.49. The third-order valence-corrected chi connectivity index (χ3v) is 5.53. The Labute approximate surface area is 179 Å². The van der Waals surface area contributed by atoms with E-state index in [1.165, 1.54) is 4.52 Å². The number of aliphatic hydroxyl groups is 1. The van der Waals surface area contributed by atoms with Gasteiger partial charge in [-0.1, -0.05) is 17.7 Å². The first-order valence-electron chi connectivity index (χ1n) is 9.35. The lowest BCUT2D eigenvalue weighted by Crippen LogP contribution is -2.51. The predicted octanol–water partition coefficient (Wildman–Crippen LogP) is 3.29. The highest BCUT2D eigenvalue weighted by molar-refractivity contribution is 6.31. The summed E-state index contributed by atoms with van der Waals surface area (Å²) in [5.74, 6) is 0.459. The molecule has 0 atom stereocenters. The minimum atomic E-state index is -2.93. The van der Waals surface area contributed by atoms with Gasteiger partial charge in [-0.15, -0.1) is 0 Å². The van der Waals surface area contributed by atoms with E-state index in [1.807, 2.05) is 4.90 Å². The maximum Gasteiger partial charge on any atom is 0.283 e. The standard InChI is InChI=1S/C20H14ClF2N7O/c1-9-16(14-6-25-27-15-4-10(21)2-3-12(14)15)20(29-7-11(31)8-29)30-19(26-9)13(5-24)17(28-30)18(22)23/h2-4,6,11,18,31H,7-8H2,1H3. The molecule has 4 heterocycles. The van der Waals surface area contributed by atoms with Gasteiger partial charge in [0.05, 0.1) is 23.5 Å². The van der Waals surface area contributed by atoms with Gasteiger partial charge in [0.1, 0.15) is 23.1 Å². The highest BCUT2D eigenvalue weighted by Gasteiger charge is 2.33. The van der Waals surface area contributed by atoms with E-state index < -0.39 is 18.2 Å². The number of aliphatic hydroxyl groups excluding tert-OH is 1. The number of rotatable bonds is 3. The molecule has 1 aliphatic heterocycles. The van der Waals surface area contributed by atoms with E-state index in [4.69, 9.17) is 11.6 Å². The van der Waals surface area contributed by atoms with Crippen LogP contribution in [0.25, 0.3) is 27.7 Å². The van der Waals surface area contributed by atoms with E-state index in [2.05, 4.69) is 20.3 Å². The molecule has 0 amide bonds. The molecule has 1 N–H and O–H groups in total. The molecule has 1 aromatic carbocycles. The molecule has 0 radical (unpaired) electrons. The van der Waals surface area contributed by atoms with E-state index in [0.29, 0.717) is 46.3 Å². The molecule has 11 heteroatoms. The van der Waals surface area contributed by atoms with Gasteiger partial charge >= 0.3 is 0 Å². The number of aryl methyl sites for hydroxylation is 1. The van der Waals surface area contributed by atoms with Crippen LogP contribution in [0, 0.1) is 18.3 Å². The molecule has 5 rings (SSSR count). The SMILES string of the molecule is Cc1nc2c(C#N)c(C(F)F)nn2c(N2CC(O)C2)c1-c1cnnc2cc(Cl)ccc12. The number of hydrogen-bond acceptors (Lipinski definition) is 7. The van der Waals surface area contributed by atoms with Gasteiger partial charge in [-0.25, -0.2) is 13.8 Å². The van der Waals surface area contributed by atoms with Crippen LogP contribution in [0.3, 0.4) is 0 Å². The third kappa shape index (κ3) is 2.97.